The predicted molar refractivity (Wildman–Crippen MR) is 96.2 cm³/mol. The summed E-state index contributed by atoms with van der Waals surface area (Å²) >= 11 is 0. The van der Waals surface area contributed by atoms with Crippen molar-refractivity contribution in [2.24, 2.45) is 0 Å². The number of ketones is 2. The largest absolute Gasteiger partial charge is 0.504 e. The maximum Gasteiger partial charge on any atom is 0.201 e. The van der Waals surface area contributed by atoms with Crippen molar-refractivity contribution in [3.63, 3.8) is 0 Å². The van der Waals surface area contributed by atoms with E-state index in [1.807, 2.05) is 0 Å². The van der Waals surface area contributed by atoms with Gasteiger partial charge in [-0.05, 0) is 30.3 Å². The van der Waals surface area contributed by atoms with Crippen LogP contribution in [0.5, 0.6) is 34.5 Å². The Labute approximate surface area is 157 Å². The molecule has 0 aliphatic carbocycles. The Bertz CT molecular complexity index is 1030. The number of hydrogen-bond donors (Lipinski definition) is 6. The number of hydrogen-bond acceptors (Lipinski definition) is 8. The minimum Gasteiger partial charge on any atom is -0.504 e. The molecule has 8 heteroatoms. The lowest BCUT2D eigenvalue weighted by Gasteiger charge is -2.09. The molecule has 0 bridgehead atoms. The summed E-state index contributed by atoms with van der Waals surface area (Å²) in [5, 5.41) is 57.6. The molecule has 3 aromatic rings. The van der Waals surface area contributed by atoms with E-state index in [2.05, 4.69) is 0 Å². The van der Waals surface area contributed by atoms with Gasteiger partial charge in [0.05, 0.1) is 11.1 Å². The fraction of sp³-hybridized carbons (Fsp3) is 0. The Kier molecular flexibility index (Phi) is 4.54. The van der Waals surface area contributed by atoms with Crippen molar-refractivity contribution in [2.45, 2.75) is 0 Å². The second-order valence-electron chi connectivity index (χ2n) is 5.90. The van der Waals surface area contributed by atoms with Crippen molar-refractivity contribution in [2.75, 3.05) is 0 Å². The molecule has 0 spiro atoms. The van der Waals surface area contributed by atoms with Crippen LogP contribution in [0.25, 0.3) is 0 Å². The highest BCUT2D eigenvalue weighted by molar-refractivity contribution is 6.15. The zero-order valence-corrected chi connectivity index (χ0v) is 14.1. The highest BCUT2D eigenvalue weighted by Crippen LogP contribution is 2.39. The topological polar surface area (TPSA) is 156 Å². The number of aromatic hydroxyl groups is 6. The highest BCUT2D eigenvalue weighted by Gasteiger charge is 2.22. The van der Waals surface area contributed by atoms with Gasteiger partial charge in [0, 0.05) is 11.1 Å². The first-order valence-electron chi connectivity index (χ1n) is 7.89. The van der Waals surface area contributed by atoms with Gasteiger partial charge < -0.3 is 30.6 Å². The molecule has 0 radical (unpaired) electrons. The van der Waals surface area contributed by atoms with E-state index in [0.717, 1.165) is 24.3 Å². The molecule has 28 heavy (non-hydrogen) atoms. The molecule has 3 aromatic carbocycles. The molecule has 0 aromatic heterocycles. The molecule has 0 saturated carbocycles. The SMILES string of the molecule is O=C(c1cccc(C(=O)c2ccc(O)c(O)c2O)c1)c1ccc(O)c(O)c1O. The van der Waals surface area contributed by atoms with Gasteiger partial charge in [-0.15, -0.1) is 0 Å². The Hall–Kier alpha value is -4.20. The smallest absolute Gasteiger partial charge is 0.201 e. The third kappa shape index (κ3) is 3.03. The first kappa shape index (κ1) is 18.6. The molecule has 0 aliphatic heterocycles. The Morgan fingerprint density at radius 3 is 1.32 bits per heavy atom. The lowest BCUT2D eigenvalue weighted by molar-refractivity contribution is 0.103. The summed E-state index contributed by atoms with van der Waals surface area (Å²) in [4.78, 5) is 25.2. The van der Waals surface area contributed by atoms with Gasteiger partial charge in [0.2, 0.25) is 11.5 Å². The lowest BCUT2D eigenvalue weighted by atomic mass is 9.96. The van der Waals surface area contributed by atoms with E-state index in [0.29, 0.717) is 0 Å². The summed E-state index contributed by atoms with van der Waals surface area (Å²) in [6.07, 6.45) is 0. The van der Waals surface area contributed by atoms with Gasteiger partial charge in [-0.3, -0.25) is 9.59 Å². The molecule has 0 atom stereocenters. The Morgan fingerprint density at radius 1 is 0.536 bits per heavy atom. The summed E-state index contributed by atoms with van der Waals surface area (Å²) in [7, 11) is 0. The monoisotopic (exact) mass is 382 g/mol. The van der Waals surface area contributed by atoms with E-state index in [1.54, 1.807) is 0 Å². The zero-order valence-electron chi connectivity index (χ0n) is 14.1. The normalized spacial score (nSPS) is 10.6. The Balaban J connectivity index is 2.01. The molecule has 142 valence electrons. The molecule has 6 N–H and O–H groups in total. The van der Waals surface area contributed by atoms with Crippen LogP contribution in [0.15, 0.2) is 48.5 Å². The maximum atomic E-state index is 12.6. The third-order valence-corrected chi connectivity index (χ3v) is 4.14. The summed E-state index contributed by atoms with van der Waals surface area (Å²) < 4.78 is 0. The second-order valence-corrected chi connectivity index (χ2v) is 5.90. The van der Waals surface area contributed by atoms with Crippen LogP contribution in [-0.4, -0.2) is 42.2 Å². The summed E-state index contributed by atoms with van der Waals surface area (Å²) in [5.41, 5.74) is -0.586. The van der Waals surface area contributed by atoms with E-state index in [9.17, 15) is 40.2 Å². The van der Waals surface area contributed by atoms with Crippen molar-refractivity contribution in [1.29, 1.82) is 0 Å². The van der Waals surface area contributed by atoms with Gasteiger partial charge in [0.25, 0.3) is 0 Å². The van der Waals surface area contributed by atoms with Crippen LogP contribution in [0.4, 0.5) is 0 Å². The van der Waals surface area contributed by atoms with Crippen molar-refractivity contribution < 1.29 is 40.2 Å². The van der Waals surface area contributed by atoms with Gasteiger partial charge >= 0.3 is 0 Å². The minimum atomic E-state index is -0.845. The van der Waals surface area contributed by atoms with Crippen molar-refractivity contribution in [1.82, 2.24) is 0 Å². The van der Waals surface area contributed by atoms with Crippen molar-refractivity contribution >= 4 is 11.6 Å². The number of phenols is 6. The molecule has 0 fully saturated rings. The van der Waals surface area contributed by atoms with E-state index < -0.39 is 46.1 Å². The van der Waals surface area contributed by atoms with Gasteiger partial charge in [0.1, 0.15) is 0 Å². The zero-order chi connectivity index (χ0) is 20.6. The summed E-state index contributed by atoms with van der Waals surface area (Å²) in [5.74, 6) is -5.93. The van der Waals surface area contributed by atoms with Crippen LogP contribution in [-0.2, 0) is 0 Å². The standard InChI is InChI=1S/C20H14O8/c21-13-6-4-11(17(25)19(13)27)15(23)9-2-1-3-10(8-9)16(24)12-5-7-14(22)20(28)18(12)26/h1-8,21-22,25-28H. The van der Waals surface area contributed by atoms with E-state index >= 15 is 0 Å². The van der Waals surface area contributed by atoms with Gasteiger partial charge in [-0.1, -0.05) is 18.2 Å². The molecule has 8 nitrogen and oxygen atoms in total. The van der Waals surface area contributed by atoms with Crippen LogP contribution in [0, 0.1) is 0 Å². The number of carbonyl (C=O) groups is 2. The summed E-state index contributed by atoms with van der Waals surface area (Å²) in [6, 6.07) is 9.65. The fourth-order valence-electron chi connectivity index (χ4n) is 2.62. The van der Waals surface area contributed by atoms with Crippen LogP contribution in [0.1, 0.15) is 31.8 Å². The molecule has 0 amide bonds. The van der Waals surface area contributed by atoms with Crippen molar-refractivity contribution in [3.8, 4) is 34.5 Å². The molecular weight excluding hydrogens is 368 g/mol. The first-order chi connectivity index (χ1) is 13.2. The van der Waals surface area contributed by atoms with E-state index in [4.69, 9.17) is 0 Å². The van der Waals surface area contributed by atoms with E-state index in [1.165, 1.54) is 24.3 Å². The van der Waals surface area contributed by atoms with Gasteiger partial charge in [0.15, 0.2) is 34.6 Å². The average molecular weight is 382 g/mol. The molecule has 0 aliphatic rings. The molecular formula is C20H14O8. The van der Waals surface area contributed by atoms with Crippen LogP contribution in [0.3, 0.4) is 0 Å². The fourth-order valence-corrected chi connectivity index (χ4v) is 2.62. The van der Waals surface area contributed by atoms with E-state index in [-0.39, 0.29) is 22.3 Å². The number of carbonyl (C=O) groups excluding carboxylic acids is 2. The van der Waals surface area contributed by atoms with Gasteiger partial charge in [-0.25, -0.2) is 0 Å². The lowest BCUT2D eigenvalue weighted by Crippen LogP contribution is -2.06. The number of rotatable bonds is 4. The van der Waals surface area contributed by atoms with Crippen LogP contribution in [0.2, 0.25) is 0 Å². The minimum absolute atomic E-state index is 0.00581. The number of benzene rings is 3. The molecule has 3 rings (SSSR count). The number of phenolic OH excluding ortho intramolecular Hbond substituents is 6. The summed E-state index contributed by atoms with van der Waals surface area (Å²) in [6.45, 7) is 0. The molecule has 0 heterocycles. The molecule has 0 saturated heterocycles. The maximum absolute atomic E-state index is 12.6. The second kappa shape index (κ2) is 6.84. The van der Waals surface area contributed by atoms with Crippen molar-refractivity contribution in [3.05, 3.63) is 70.8 Å². The third-order valence-electron chi connectivity index (χ3n) is 4.14. The van der Waals surface area contributed by atoms with Gasteiger partial charge in [-0.2, -0.15) is 0 Å². The highest BCUT2D eigenvalue weighted by atomic mass is 16.3. The quantitative estimate of drug-likeness (QED) is 0.297. The first-order valence-corrected chi connectivity index (χ1v) is 7.89. The van der Waals surface area contributed by atoms with Crippen LogP contribution >= 0.6 is 0 Å². The Morgan fingerprint density at radius 2 is 0.929 bits per heavy atom. The van der Waals surface area contributed by atoms with Crippen LogP contribution < -0.4 is 0 Å². The average Bonchev–Trinajstić information content (AvgIpc) is 2.70. The predicted octanol–water partition coefficient (Wildman–Crippen LogP) is 2.38. The molecule has 0 unspecified atom stereocenters.